The highest BCUT2D eigenvalue weighted by molar-refractivity contribution is 7.99. The molecule has 0 bridgehead atoms. The highest BCUT2D eigenvalue weighted by Crippen LogP contribution is 2.18. The topological polar surface area (TPSA) is 96.2 Å². The van der Waals surface area contributed by atoms with Gasteiger partial charge in [-0.25, -0.2) is 4.98 Å². The summed E-state index contributed by atoms with van der Waals surface area (Å²) in [7, 11) is 0. The molecule has 0 aliphatic rings. The normalized spacial score (nSPS) is 10.8. The molecule has 26 heavy (non-hydrogen) atoms. The molecule has 0 radical (unpaired) electrons. The number of nitrogens with zero attached hydrogens (tertiary/aromatic N) is 2. The van der Waals surface area contributed by atoms with Crippen molar-refractivity contribution in [1.82, 2.24) is 20.2 Å². The van der Waals surface area contributed by atoms with E-state index in [4.69, 9.17) is 0 Å². The van der Waals surface area contributed by atoms with Crippen LogP contribution in [0.2, 0.25) is 0 Å². The van der Waals surface area contributed by atoms with Gasteiger partial charge < -0.3 is 20.3 Å². The predicted molar refractivity (Wildman–Crippen MR) is 100 cm³/mol. The van der Waals surface area contributed by atoms with Crippen LogP contribution >= 0.6 is 11.8 Å². The summed E-state index contributed by atoms with van der Waals surface area (Å²) >= 11 is 1.24. The summed E-state index contributed by atoms with van der Waals surface area (Å²) in [5.41, 5.74) is 1.57. The number of aromatic nitrogens is 2. The highest BCUT2D eigenvalue weighted by Gasteiger charge is 2.15. The fourth-order valence-corrected chi connectivity index (χ4v) is 3.12. The maximum Gasteiger partial charge on any atom is 0.240 e. The number of rotatable bonds is 9. The van der Waals surface area contributed by atoms with Gasteiger partial charge in [-0.1, -0.05) is 42.1 Å². The number of aliphatic hydroxyl groups excluding tert-OH is 1. The standard InChI is InChI=1S/C18H24N4O3S/c1-13(2)21-16(24)10-22-15(11-23)9-20-18(22)26-12-17(25)19-8-14-6-4-3-5-7-14/h3-7,9,13,23H,8,10-12H2,1-2H3,(H,19,25)(H,21,24). The molecule has 2 aromatic rings. The summed E-state index contributed by atoms with van der Waals surface area (Å²) in [4.78, 5) is 28.3. The summed E-state index contributed by atoms with van der Waals surface area (Å²) in [6.45, 7) is 4.06. The Labute approximate surface area is 157 Å². The Morgan fingerprint density at radius 3 is 2.62 bits per heavy atom. The molecule has 7 nitrogen and oxygen atoms in total. The van der Waals surface area contributed by atoms with E-state index in [1.165, 1.54) is 18.0 Å². The molecular weight excluding hydrogens is 352 g/mol. The Balaban J connectivity index is 1.91. The van der Waals surface area contributed by atoms with Gasteiger partial charge in [0, 0.05) is 12.6 Å². The fourth-order valence-electron chi connectivity index (χ4n) is 2.29. The van der Waals surface area contributed by atoms with E-state index in [1.807, 2.05) is 44.2 Å². The quantitative estimate of drug-likeness (QED) is 0.574. The first-order chi connectivity index (χ1) is 12.5. The number of aliphatic hydroxyl groups is 1. The zero-order chi connectivity index (χ0) is 18.9. The number of imidazole rings is 1. The molecule has 0 spiro atoms. The largest absolute Gasteiger partial charge is 0.390 e. The number of amides is 2. The van der Waals surface area contributed by atoms with E-state index in [-0.39, 0.29) is 36.8 Å². The summed E-state index contributed by atoms with van der Waals surface area (Å²) in [6, 6.07) is 9.69. The first kappa shape index (κ1) is 20.0. The second kappa shape index (κ2) is 9.98. The average molecular weight is 376 g/mol. The number of carbonyl (C=O) groups excluding carboxylic acids is 2. The van der Waals surface area contributed by atoms with Crippen molar-refractivity contribution in [2.24, 2.45) is 0 Å². The minimum Gasteiger partial charge on any atom is -0.390 e. The summed E-state index contributed by atoms with van der Waals surface area (Å²) in [5, 5.41) is 15.6. The van der Waals surface area contributed by atoms with Crippen LogP contribution in [-0.4, -0.2) is 38.3 Å². The van der Waals surface area contributed by atoms with E-state index in [0.717, 1.165) is 5.56 Å². The van der Waals surface area contributed by atoms with E-state index in [9.17, 15) is 14.7 Å². The molecule has 8 heteroatoms. The maximum absolute atomic E-state index is 12.0. The van der Waals surface area contributed by atoms with Crippen LogP contribution in [0.25, 0.3) is 0 Å². The van der Waals surface area contributed by atoms with Gasteiger partial charge in [0.2, 0.25) is 11.8 Å². The van der Waals surface area contributed by atoms with Gasteiger partial charge in [-0.3, -0.25) is 9.59 Å². The van der Waals surface area contributed by atoms with Gasteiger partial charge in [-0.05, 0) is 19.4 Å². The van der Waals surface area contributed by atoms with E-state index in [2.05, 4.69) is 15.6 Å². The molecule has 1 aromatic carbocycles. The third-order valence-electron chi connectivity index (χ3n) is 3.48. The molecule has 1 heterocycles. The molecule has 0 saturated heterocycles. The first-order valence-electron chi connectivity index (χ1n) is 8.37. The second-order valence-electron chi connectivity index (χ2n) is 6.05. The molecule has 0 saturated carbocycles. The Morgan fingerprint density at radius 1 is 1.23 bits per heavy atom. The zero-order valence-electron chi connectivity index (χ0n) is 14.9. The molecule has 0 aliphatic heterocycles. The van der Waals surface area contributed by atoms with Gasteiger partial charge in [0.15, 0.2) is 5.16 Å². The van der Waals surface area contributed by atoms with Crippen molar-refractivity contribution < 1.29 is 14.7 Å². The van der Waals surface area contributed by atoms with Gasteiger partial charge in [-0.2, -0.15) is 0 Å². The zero-order valence-corrected chi connectivity index (χ0v) is 15.8. The third kappa shape index (κ3) is 6.20. The van der Waals surface area contributed by atoms with E-state index in [1.54, 1.807) is 4.57 Å². The van der Waals surface area contributed by atoms with Crippen molar-refractivity contribution in [2.45, 2.75) is 44.7 Å². The van der Waals surface area contributed by atoms with Crippen LogP contribution in [0.4, 0.5) is 0 Å². The van der Waals surface area contributed by atoms with Crippen molar-refractivity contribution in [2.75, 3.05) is 5.75 Å². The lowest BCUT2D eigenvalue weighted by Crippen LogP contribution is -2.33. The summed E-state index contributed by atoms with van der Waals surface area (Å²) in [5.74, 6) is -0.103. The molecule has 2 rings (SSSR count). The smallest absolute Gasteiger partial charge is 0.240 e. The van der Waals surface area contributed by atoms with E-state index >= 15 is 0 Å². The van der Waals surface area contributed by atoms with Crippen LogP contribution in [0.3, 0.4) is 0 Å². The Kier molecular flexibility index (Phi) is 7.68. The van der Waals surface area contributed by atoms with E-state index in [0.29, 0.717) is 17.4 Å². The van der Waals surface area contributed by atoms with Crippen LogP contribution in [0.15, 0.2) is 41.7 Å². The van der Waals surface area contributed by atoms with Gasteiger partial charge in [0.05, 0.1) is 24.3 Å². The van der Waals surface area contributed by atoms with Crippen molar-refractivity contribution >= 4 is 23.6 Å². The van der Waals surface area contributed by atoms with Crippen LogP contribution in [0.5, 0.6) is 0 Å². The fraction of sp³-hybridized carbons (Fsp3) is 0.389. The monoisotopic (exact) mass is 376 g/mol. The maximum atomic E-state index is 12.0. The molecular formula is C18H24N4O3S. The number of thioether (sulfide) groups is 1. The molecule has 140 valence electrons. The summed E-state index contributed by atoms with van der Waals surface area (Å²) < 4.78 is 1.63. The highest BCUT2D eigenvalue weighted by atomic mass is 32.2. The molecule has 0 aliphatic carbocycles. The van der Waals surface area contributed by atoms with Gasteiger partial charge in [0.25, 0.3) is 0 Å². The Hall–Kier alpha value is -2.32. The Morgan fingerprint density at radius 2 is 1.96 bits per heavy atom. The van der Waals surface area contributed by atoms with Crippen LogP contribution in [0.1, 0.15) is 25.1 Å². The molecule has 0 fully saturated rings. The number of carbonyl (C=O) groups is 2. The first-order valence-corrected chi connectivity index (χ1v) is 9.36. The molecule has 0 atom stereocenters. The van der Waals surface area contributed by atoms with Gasteiger partial charge >= 0.3 is 0 Å². The number of benzene rings is 1. The molecule has 0 unspecified atom stereocenters. The van der Waals surface area contributed by atoms with Crippen LogP contribution in [-0.2, 0) is 29.3 Å². The summed E-state index contributed by atoms with van der Waals surface area (Å²) in [6.07, 6.45) is 1.52. The minimum atomic E-state index is -0.220. The van der Waals surface area contributed by atoms with Gasteiger partial charge in [0.1, 0.15) is 6.54 Å². The lowest BCUT2D eigenvalue weighted by atomic mass is 10.2. The molecule has 3 N–H and O–H groups in total. The van der Waals surface area contributed by atoms with Crippen molar-refractivity contribution in [3.63, 3.8) is 0 Å². The lowest BCUT2D eigenvalue weighted by molar-refractivity contribution is -0.122. The van der Waals surface area contributed by atoms with Crippen molar-refractivity contribution in [1.29, 1.82) is 0 Å². The molecule has 1 aromatic heterocycles. The Bertz CT molecular complexity index is 731. The van der Waals surface area contributed by atoms with Gasteiger partial charge in [-0.15, -0.1) is 0 Å². The SMILES string of the molecule is CC(C)NC(=O)Cn1c(CO)cnc1SCC(=O)NCc1ccccc1. The minimum absolute atomic E-state index is 0.0310. The van der Waals surface area contributed by atoms with E-state index < -0.39 is 0 Å². The van der Waals surface area contributed by atoms with Crippen molar-refractivity contribution in [3.8, 4) is 0 Å². The number of nitrogens with one attached hydrogen (secondary N) is 2. The lowest BCUT2D eigenvalue weighted by Gasteiger charge is -2.12. The number of hydrogen-bond donors (Lipinski definition) is 3. The average Bonchev–Trinajstić information content (AvgIpc) is 3.00. The van der Waals surface area contributed by atoms with Crippen molar-refractivity contribution in [3.05, 3.63) is 47.8 Å². The third-order valence-corrected chi connectivity index (χ3v) is 4.47. The van der Waals surface area contributed by atoms with Crippen LogP contribution in [0, 0.1) is 0 Å². The molecule has 2 amide bonds. The van der Waals surface area contributed by atoms with Crippen LogP contribution < -0.4 is 10.6 Å². The number of hydrogen-bond acceptors (Lipinski definition) is 5. The second-order valence-corrected chi connectivity index (χ2v) is 6.99. The predicted octanol–water partition coefficient (Wildman–Crippen LogP) is 1.31.